The molecule has 5 nitrogen and oxygen atoms in total. The molecule has 0 aromatic heterocycles. The summed E-state index contributed by atoms with van der Waals surface area (Å²) in [4.78, 5) is 24.6. The molecule has 3 fully saturated rings. The normalized spacial score (nSPS) is 31.7. The lowest BCUT2D eigenvalue weighted by Crippen LogP contribution is -2.62. The van der Waals surface area contributed by atoms with Gasteiger partial charge in [-0.3, -0.25) is 4.90 Å². The van der Waals surface area contributed by atoms with Crippen molar-refractivity contribution in [3.63, 3.8) is 0 Å². The molecule has 0 aromatic rings. The first-order valence-electron chi connectivity index (χ1n) is 6.02. The Balaban J connectivity index is 2.10. The predicted octanol–water partition coefficient (Wildman–Crippen LogP) is 1.86. The van der Waals surface area contributed by atoms with Crippen molar-refractivity contribution in [1.82, 2.24) is 4.90 Å². The van der Waals surface area contributed by atoms with Crippen LogP contribution in [0.1, 0.15) is 40.0 Å². The summed E-state index contributed by atoms with van der Waals surface area (Å²) in [5.41, 5.74) is -0.583. The van der Waals surface area contributed by atoms with Crippen LogP contribution in [0.5, 0.6) is 0 Å². The molecule has 2 heterocycles. The van der Waals surface area contributed by atoms with Gasteiger partial charge in [0.05, 0.1) is 0 Å². The summed E-state index contributed by atoms with van der Waals surface area (Å²) in [7, 11) is 0. The zero-order valence-electron chi connectivity index (χ0n) is 10.5. The highest BCUT2D eigenvalue weighted by Gasteiger charge is 2.50. The number of rotatable bonds is 1. The zero-order chi connectivity index (χ0) is 12.8. The summed E-state index contributed by atoms with van der Waals surface area (Å²) in [5.74, 6) is -0.454. The average Bonchev–Trinajstić information content (AvgIpc) is 2.12. The van der Waals surface area contributed by atoms with Crippen molar-refractivity contribution in [3.8, 4) is 0 Å². The van der Waals surface area contributed by atoms with Crippen LogP contribution in [-0.4, -0.2) is 39.8 Å². The smallest absolute Gasteiger partial charge is 0.411 e. The monoisotopic (exact) mass is 241 g/mol. The first-order valence-corrected chi connectivity index (χ1v) is 6.02. The molecule has 1 aliphatic carbocycles. The van der Waals surface area contributed by atoms with Gasteiger partial charge in [0, 0.05) is 6.04 Å². The van der Waals surface area contributed by atoms with Crippen LogP contribution in [0.25, 0.3) is 0 Å². The molecule has 1 unspecified atom stereocenters. The van der Waals surface area contributed by atoms with Crippen molar-refractivity contribution in [2.24, 2.45) is 5.92 Å². The number of carboxylic acids is 1. The summed E-state index contributed by atoms with van der Waals surface area (Å²) in [6.45, 7) is 5.36. The van der Waals surface area contributed by atoms with E-state index in [4.69, 9.17) is 9.84 Å². The minimum absolute atomic E-state index is 0.0599. The molecule has 0 radical (unpaired) electrons. The van der Waals surface area contributed by atoms with Crippen LogP contribution in [0, 0.1) is 5.92 Å². The maximum absolute atomic E-state index is 12.0. The summed E-state index contributed by atoms with van der Waals surface area (Å²) in [6, 6.07) is -0.646. The number of aliphatic carboxylic acids is 1. The SMILES string of the molecule is CC(C)(C)OC(=O)N1C2CC(C2)CC1C(=O)O. The molecule has 2 bridgehead atoms. The lowest BCUT2D eigenvalue weighted by molar-refractivity contribution is -0.151. The number of fused-ring (bicyclic) bond motifs is 2. The fourth-order valence-corrected chi connectivity index (χ4v) is 2.61. The Morgan fingerprint density at radius 3 is 2.29 bits per heavy atom. The van der Waals surface area contributed by atoms with Gasteiger partial charge in [0.15, 0.2) is 0 Å². The lowest BCUT2D eigenvalue weighted by Gasteiger charge is -2.51. The van der Waals surface area contributed by atoms with Crippen LogP contribution in [-0.2, 0) is 9.53 Å². The van der Waals surface area contributed by atoms with Crippen LogP contribution in [0.3, 0.4) is 0 Å². The van der Waals surface area contributed by atoms with Crippen LogP contribution in [0.4, 0.5) is 4.79 Å². The number of ether oxygens (including phenoxy) is 1. The molecule has 3 aliphatic rings. The highest BCUT2D eigenvalue weighted by Crippen LogP contribution is 2.43. The van der Waals surface area contributed by atoms with E-state index in [2.05, 4.69) is 0 Å². The van der Waals surface area contributed by atoms with Crippen LogP contribution in [0.2, 0.25) is 0 Å². The molecule has 0 spiro atoms. The Kier molecular flexibility index (Phi) is 2.79. The molecule has 17 heavy (non-hydrogen) atoms. The first-order chi connectivity index (χ1) is 7.78. The van der Waals surface area contributed by atoms with Crippen molar-refractivity contribution >= 4 is 12.1 Å². The number of amides is 1. The third-order valence-electron chi connectivity index (χ3n) is 3.39. The number of carboxylic acid groups (broad SMARTS) is 1. The van der Waals surface area contributed by atoms with Crippen LogP contribution in [0.15, 0.2) is 0 Å². The van der Waals surface area contributed by atoms with Crippen molar-refractivity contribution in [2.45, 2.75) is 57.7 Å². The van der Waals surface area contributed by atoms with Gasteiger partial charge in [-0.25, -0.2) is 9.59 Å². The van der Waals surface area contributed by atoms with Crippen LogP contribution < -0.4 is 0 Å². The number of piperidine rings is 2. The third kappa shape index (κ3) is 2.37. The highest BCUT2D eigenvalue weighted by atomic mass is 16.6. The molecule has 2 saturated heterocycles. The van der Waals surface area contributed by atoms with E-state index >= 15 is 0 Å². The molecule has 96 valence electrons. The van der Waals surface area contributed by atoms with Crippen LogP contribution >= 0.6 is 0 Å². The molecule has 1 saturated carbocycles. The fourth-order valence-electron chi connectivity index (χ4n) is 2.61. The van der Waals surface area contributed by atoms with Gasteiger partial charge >= 0.3 is 12.1 Å². The number of carbonyl (C=O) groups is 2. The summed E-state index contributed by atoms with van der Waals surface area (Å²) >= 11 is 0. The van der Waals surface area contributed by atoms with Crippen molar-refractivity contribution in [2.75, 3.05) is 0 Å². The Bertz CT molecular complexity index is 341. The van der Waals surface area contributed by atoms with Gasteiger partial charge in [-0.1, -0.05) is 0 Å². The lowest BCUT2D eigenvalue weighted by atomic mass is 9.71. The molecule has 3 rings (SSSR count). The van der Waals surface area contributed by atoms with Gasteiger partial charge < -0.3 is 9.84 Å². The van der Waals surface area contributed by atoms with E-state index in [-0.39, 0.29) is 6.04 Å². The molecular formula is C12H19NO4. The Morgan fingerprint density at radius 2 is 1.82 bits per heavy atom. The van der Waals surface area contributed by atoms with E-state index in [0.717, 1.165) is 12.8 Å². The minimum Gasteiger partial charge on any atom is -0.480 e. The van der Waals surface area contributed by atoms with Gasteiger partial charge in [0.2, 0.25) is 0 Å². The largest absolute Gasteiger partial charge is 0.480 e. The minimum atomic E-state index is -0.926. The maximum atomic E-state index is 12.0. The number of hydrogen-bond donors (Lipinski definition) is 1. The first kappa shape index (κ1) is 12.2. The van der Waals surface area contributed by atoms with Gasteiger partial charge in [-0.05, 0) is 46.0 Å². The summed E-state index contributed by atoms with van der Waals surface area (Å²) < 4.78 is 5.28. The molecular weight excluding hydrogens is 222 g/mol. The van der Waals surface area contributed by atoms with Crippen molar-refractivity contribution in [3.05, 3.63) is 0 Å². The second kappa shape index (κ2) is 3.89. The molecule has 1 amide bonds. The molecule has 5 heteroatoms. The summed E-state index contributed by atoms with van der Waals surface area (Å²) in [6.07, 6.45) is 1.91. The fraction of sp³-hybridized carbons (Fsp3) is 0.833. The Morgan fingerprint density at radius 1 is 1.24 bits per heavy atom. The standard InChI is InChI=1S/C12H19NO4/c1-12(2,3)17-11(16)13-8-4-7(5-8)6-9(13)10(14)15/h7-9H,4-6H2,1-3H3,(H,14,15). The van der Waals surface area contributed by atoms with E-state index in [1.807, 2.05) is 0 Å². The third-order valence-corrected chi connectivity index (χ3v) is 3.39. The highest BCUT2D eigenvalue weighted by molar-refractivity contribution is 5.81. The molecule has 0 aromatic carbocycles. The molecule has 1 atom stereocenters. The van der Waals surface area contributed by atoms with E-state index in [1.54, 1.807) is 20.8 Å². The maximum Gasteiger partial charge on any atom is 0.411 e. The Labute approximate surface area is 101 Å². The molecule has 2 aliphatic heterocycles. The summed E-state index contributed by atoms with van der Waals surface area (Å²) in [5, 5.41) is 9.14. The Hall–Kier alpha value is -1.26. The van der Waals surface area contributed by atoms with Gasteiger partial charge in [0.1, 0.15) is 11.6 Å². The van der Waals surface area contributed by atoms with Gasteiger partial charge in [-0.15, -0.1) is 0 Å². The second-order valence-electron chi connectivity index (χ2n) is 5.97. The van der Waals surface area contributed by atoms with E-state index in [9.17, 15) is 9.59 Å². The predicted molar refractivity (Wildman–Crippen MR) is 60.6 cm³/mol. The van der Waals surface area contributed by atoms with E-state index in [1.165, 1.54) is 4.90 Å². The number of nitrogens with zero attached hydrogens (tertiary/aromatic N) is 1. The number of carbonyl (C=O) groups excluding carboxylic acids is 1. The average molecular weight is 241 g/mol. The quantitative estimate of drug-likeness (QED) is 0.761. The van der Waals surface area contributed by atoms with Crippen molar-refractivity contribution < 1.29 is 19.4 Å². The van der Waals surface area contributed by atoms with Gasteiger partial charge in [0.25, 0.3) is 0 Å². The zero-order valence-corrected chi connectivity index (χ0v) is 10.5. The van der Waals surface area contributed by atoms with Crippen molar-refractivity contribution in [1.29, 1.82) is 0 Å². The van der Waals surface area contributed by atoms with E-state index in [0.29, 0.717) is 12.3 Å². The molecule has 1 N–H and O–H groups in total. The number of hydrogen-bond acceptors (Lipinski definition) is 3. The van der Waals surface area contributed by atoms with E-state index < -0.39 is 23.7 Å². The van der Waals surface area contributed by atoms with Gasteiger partial charge in [-0.2, -0.15) is 0 Å². The topological polar surface area (TPSA) is 66.8 Å². The second-order valence-corrected chi connectivity index (χ2v) is 5.97.